The smallest absolute Gasteiger partial charge is 0.457 e. The summed E-state index contributed by atoms with van der Waals surface area (Å²) in [7, 11) is -4.52. The molecule has 3 unspecified atom stereocenters. The summed E-state index contributed by atoms with van der Waals surface area (Å²) >= 11 is 0. The fourth-order valence-corrected chi connectivity index (χ4v) is 6.80. The van der Waals surface area contributed by atoms with Crippen molar-refractivity contribution in [2.45, 2.75) is 206 Å². The van der Waals surface area contributed by atoms with Gasteiger partial charge in [0.1, 0.15) is 12.2 Å². The molecule has 0 radical (unpaired) electrons. The molecule has 0 aliphatic carbocycles. The van der Waals surface area contributed by atoms with E-state index in [1.807, 2.05) is 0 Å². The molecular formula is C46H85O9P. The highest BCUT2D eigenvalue weighted by Crippen LogP contribution is 2.43. The summed E-state index contributed by atoms with van der Waals surface area (Å²) < 4.78 is 33.4. The zero-order valence-electron chi connectivity index (χ0n) is 35.8. The third kappa shape index (κ3) is 42.0. The molecule has 0 bridgehead atoms. The van der Waals surface area contributed by atoms with Crippen molar-refractivity contribution in [1.82, 2.24) is 0 Å². The van der Waals surface area contributed by atoms with Crippen LogP contribution in [0.4, 0.5) is 0 Å². The average molecular weight is 813 g/mol. The molecule has 9 nitrogen and oxygen atoms in total. The van der Waals surface area contributed by atoms with Crippen LogP contribution in [-0.4, -0.2) is 66.3 Å². The highest BCUT2D eigenvalue weighted by atomic mass is 31.2. The van der Waals surface area contributed by atoms with Gasteiger partial charge in [-0.2, -0.15) is 0 Å². The molecule has 0 saturated heterocycles. The minimum Gasteiger partial charge on any atom is -0.457 e. The van der Waals surface area contributed by atoms with Crippen LogP contribution >= 0.6 is 7.82 Å². The highest BCUT2D eigenvalue weighted by Gasteiger charge is 2.26. The van der Waals surface area contributed by atoms with Crippen molar-refractivity contribution < 1.29 is 43.0 Å². The number of esters is 1. The van der Waals surface area contributed by atoms with Crippen LogP contribution in [0.1, 0.15) is 194 Å². The van der Waals surface area contributed by atoms with Crippen LogP contribution in [0.15, 0.2) is 48.6 Å². The van der Waals surface area contributed by atoms with Crippen molar-refractivity contribution in [2.75, 3.05) is 33.0 Å². The van der Waals surface area contributed by atoms with Gasteiger partial charge in [0.2, 0.25) is 0 Å². The number of phosphoric acid groups is 1. The predicted octanol–water partition coefficient (Wildman–Crippen LogP) is 12.6. The molecule has 328 valence electrons. The second kappa shape index (κ2) is 43.0. The Morgan fingerprint density at radius 1 is 0.554 bits per heavy atom. The van der Waals surface area contributed by atoms with Crippen molar-refractivity contribution in [3.8, 4) is 0 Å². The summed E-state index contributed by atoms with van der Waals surface area (Å²) in [5, 5.41) is 18.4. The second-order valence-corrected chi connectivity index (χ2v) is 16.5. The van der Waals surface area contributed by atoms with Crippen LogP contribution in [0.3, 0.4) is 0 Å². The summed E-state index contributed by atoms with van der Waals surface area (Å²) in [5.74, 6) is -0.391. The molecule has 0 aliphatic rings. The Morgan fingerprint density at radius 2 is 1.00 bits per heavy atom. The van der Waals surface area contributed by atoms with Gasteiger partial charge in [-0.1, -0.05) is 165 Å². The number of carbonyl (C=O) groups excluding carboxylic acids is 1. The summed E-state index contributed by atoms with van der Waals surface area (Å²) in [6.45, 7) is 3.42. The third-order valence-corrected chi connectivity index (χ3v) is 10.4. The quantitative estimate of drug-likeness (QED) is 0.0238. The molecule has 0 aromatic rings. The van der Waals surface area contributed by atoms with Crippen molar-refractivity contribution in [3.05, 3.63) is 48.6 Å². The maximum atomic E-state index is 12.6. The highest BCUT2D eigenvalue weighted by molar-refractivity contribution is 7.47. The van der Waals surface area contributed by atoms with Gasteiger partial charge in [0.25, 0.3) is 0 Å². The maximum Gasteiger partial charge on any atom is 0.472 e. The Balaban J connectivity index is 4.14. The number of hydrogen-bond acceptors (Lipinski definition) is 8. The lowest BCUT2D eigenvalue weighted by atomic mass is 10.1. The number of carbonyl (C=O) groups is 1. The van der Waals surface area contributed by atoms with Gasteiger partial charge in [0.05, 0.1) is 26.4 Å². The molecule has 0 rings (SSSR count). The molecule has 0 amide bonds. The van der Waals surface area contributed by atoms with Gasteiger partial charge in [-0.15, -0.1) is 0 Å². The molecular weight excluding hydrogens is 727 g/mol. The molecule has 0 aromatic carbocycles. The van der Waals surface area contributed by atoms with Crippen molar-refractivity contribution >= 4 is 13.8 Å². The van der Waals surface area contributed by atoms with Crippen molar-refractivity contribution in [2.24, 2.45) is 0 Å². The van der Waals surface area contributed by atoms with E-state index < -0.39 is 39.2 Å². The van der Waals surface area contributed by atoms with Crippen LogP contribution in [0.5, 0.6) is 0 Å². The molecule has 56 heavy (non-hydrogen) atoms. The average Bonchev–Trinajstić information content (AvgIpc) is 3.19. The number of hydrogen-bond donors (Lipinski definition) is 3. The van der Waals surface area contributed by atoms with Crippen LogP contribution < -0.4 is 0 Å². The monoisotopic (exact) mass is 813 g/mol. The van der Waals surface area contributed by atoms with E-state index in [9.17, 15) is 19.4 Å². The number of aliphatic hydroxyl groups is 2. The van der Waals surface area contributed by atoms with Gasteiger partial charge >= 0.3 is 13.8 Å². The lowest BCUT2D eigenvalue weighted by Gasteiger charge is -2.20. The fourth-order valence-electron chi connectivity index (χ4n) is 6.01. The fraction of sp³-hybridized carbons (Fsp3) is 0.804. The van der Waals surface area contributed by atoms with Gasteiger partial charge < -0.3 is 24.6 Å². The van der Waals surface area contributed by atoms with Gasteiger partial charge in [0, 0.05) is 13.0 Å². The first-order valence-electron chi connectivity index (χ1n) is 22.6. The van der Waals surface area contributed by atoms with E-state index in [4.69, 9.17) is 23.6 Å². The molecule has 0 aromatic heterocycles. The van der Waals surface area contributed by atoms with E-state index in [0.717, 1.165) is 70.6 Å². The Labute approximate surface area is 343 Å². The molecule has 3 N–H and O–H groups in total. The summed E-state index contributed by atoms with van der Waals surface area (Å²) in [6.07, 6.45) is 47.8. The zero-order chi connectivity index (χ0) is 41.1. The lowest BCUT2D eigenvalue weighted by molar-refractivity contribution is -0.154. The van der Waals surface area contributed by atoms with E-state index in [1.54, 1.807) is 0 Å². The van der Waals surface area contributed by atoms with Gasteiger partial charge in [-0.3, -0.25) is 13.8 Å². The van der Waals surface area contributed by atoms with E-state index in [1.165, 1.54) is 103 Å². The molecule has 0 spiro atoms. The number of phosphoric ester groups is 1. The summed E-state index contributed by atoms with van der Waals surface area (Å²) in [5.41, 5.74) is 0. The first-order chi connectivity index (χ1) is 27.3. The SMILES string of the molecule is CCC/C=C\C/C=C\CCCCCCCCOCC(COP(=O)(O)OCC(O)CO)OC(=O)CCCCCCCCCCC/C=C\C/C=C\CCCCCCC. The number of unbranched alkanes of at least 4 members (excludes halogenated alkanes) is 21. The van der Waals surface area contributed by atoms with E-state index in [2.05, 4.69) is 62.5 Å². The van der Waals surface area contributed by atoms with Crippen molar-refractivity contribution in [3.63, 3.8) is 0 Å². The van der Waals surface area contributed by atoms with Gasteiger partial charge in [-0.05, 0) is 70.6 Å². The second-order valence-electron chi connectivity index (χ2n) is 15.1. The lowest BCUT2D eigenvalue weighted by Crippen LogP contribution is -2.29. The minimum atomic E-state index is -4.52. The Hall–Kier alpha value is -1.58. The number of rotatable bonds is 43. The Morgan fingerprint density at radius 3 is 1.50 bits per heavy atom. The molecule has 0 aliphatic heterocycles. The maximum absolute atomic E-state index is 12.6. The van der Waals surface area contributed by atoms with Crippen LogP contribution in [0, 0.1) is 0 Å². The first kappa shape index (κ1) is 54.4. The van der Waals surface area contributed by atoms with E-state index in [0.29, 0.717) is 6.61 Å². The number of aliphatic hydroxyl groups excluding tert-OH is 2. The molecule has 10 heteroatoms. The third-order valence-electron chi connectivity index (χ3n) is 9.47. The topological polar surface area (TPSA) is 132 Å². The number of allylic oxidation sites excluding steroid dienone is 8. The standard InChI is InChI=1S/C46H85O9P/c1-3-5-7-9-11-13-15-17-19-20-21-22-23-24-25-26-28-30-32-34-36-38-46(49)55-45(43-54-56(50,51)53-41-44(48)40-47)42-52-39-37-35-33-31-29-27-18-16-14-12-10-8-6-4-2/h8,10,14-17,20-21,44-45,47-48H,3-7,9,11-13,18-19,22-43H2,1-2H3,(H,50,51)/b10-8-,16-14-,17-15-,21-20-. The van der Waals surface area contributed by atoms with Crippen molar-refractivity contribution in [1.29, 1.82) is 0 Å². The molecule has 0 fully saturated rings. The Kier molecular flexibility index (Phi) is 41.8. The van der Waals surface area contributed by atoms with Crippen LogP contribution in [0.2, 0.25) is 0 Å². The normalized spacial score (nSPS) is 14.4. The molecule has 0 saturated carbocycles. The largest absolute Gasteiger partial charge is 0.472 e. The van der Waals surface area contributed by atoms with Crippen LogP contribution in [-0.2, 0) is 27.9 Å². The van der Waals surface area contributed by atoms with Crippen LogP contribution in [0.25, 0.3) is 0 Å². The Bertz CT molecular complexity index is 1010. The minimum absolute atomic E-state index is 0.0396. The zero-order valence-corrected chi connectivity index (χ0v) is 36.7. The van der Waals surface area contributed by atoms with E-state index >= 15 is 0 Å². The predicted molar refractivity (Wildman–Crippen MR) is 233 cm³/mol. The van der Waals surface area contributed by atoms with E-state index in [-0.39, 0.29) is 19.6 Å². The summed E-state index contributed by atoms with van der Waals surface area (Å²) in [6, 6.07) is 0. The molecule has 0 heterocycles. The summed E-state index contributed by atoms with van der Waals surface area (Å²) in [4.78, 5) is 22.6. The first-order valence-corrected chi connectivity index (χ1v) is 24.1. The van der Waals surface area contributed by atoms with Gasteiger partial charge in [0.15, 0.2) is 0 Å². The number of ether oxygens (including phenoxy) is 2. The van der Waals surface area contributed by atoms with Gasteiger partial charge in [-0.25, -0.2) is 4.57 Å². The molecule has 3 atom stereocenters.